The highest BCUT2D eigenvalue weighted by Gasteiger charge is 2.12. The van der Waals surface area contributed by atoms with Gasteiger partial charge in [0.2, 0.25) is 5.91 Å². The lowest BCUT2D eigenvalue weighted by molar-refractivity contribution is -0.114. The summed E-state index contributed by atoms with van der Waals surface area (Å²) in [6, 6.07) is 0. The summed E-state index contributed by atoms with van der Waals surface area (Å²) >= 11 is 0. The summed E-state index contributed by atoms with van der Waals surface area (Å²) in [5.41, 5.74) is 5.96. The third-order valence-corrected chi connectivity index (χ3v) is 5.74. The van der Waals surface area contributed by atoms with Crippen molar-refractivity contribution in [1.82, 2.24) is 0 Å². The summed E-state index contributed by atoms with van der Waals surface area (Å²) in [4.78, 5) is 11.0. The minimum atomic E-state index is -0.286. The Morgan fingerprint density at radius 2 is 1.27 bits per heavy atom. The highest BCUT2D eigenvalue weighted by Crippen LogP contribution is 2.25. The minimum absolute atomic E-state index is 0.286. The van der Waals surface area contributed by atoms with Crippen LogP contribution in [0, 0.1) is 11.8 Å². The van der Waals surface area contributed by atoms with Gasteiger partial charge >= 0.3 is 0 Å². The van der Waals surface area contributed by atoms with Crippen LogP contribution < -0.4 is 5.73 Å². The molecule has 0 aliphatic rings. The molecule has 1 amide bonds. The molecule has 26 heavy (non-hydrogen) atoms. The number of hydrogen-bond acceptors (Lipinski definition) is 1. The van der Waals surface area contributed by atoms with Crippen LogP contribution in [0.5, 0.6) is 0 Å². The number of hydrogen-bond donors (Lipinski definition) is 1. The van der Waals surface area contributed by atoms with Crippen molar-refractivity contribution >= 4 is 5.91 Å². The second kappa shape index (κ2) is 17.6. The molecule has 0 saturated heterocycles. The van der Waals surface area contributed by atoms with Crippen molar-refractivity contribution in [3.63, 3.8) is 0 Å². The van der Waals surface area contributed by atoms with Crippen LogP contribution >= 0.6 is 0 Å². The molecular formula is C24H47NO. The average Bonchev–Trinajstić information content (AvgIpc) is 2.60. The number of amides is 1. The lowest BCUT2D eigenvalue weighted by Gasteiger charge is -2.20. The van der Waals surface area contributed by atoms with Crippen molar-refractivity contribution in [3.05, 3.63) is 11.6 Å². The normalized spacial score (nSPS) is 13.3. The standard InChI is InChI=1S/C24H47NO/c1-5-6-7-8-9-10-11-12-13-16-19-23(21(2)3)20-17-14-15-18-22(4)24(25)26/h18,21,23H,5-17,19-20H2,1-4H3,(H2,25,26)/b22-18+. The predicted octanol–water partition coefficient (Wildman–Crippen LogP) is 7.56. The van der Waals surface area contributed by atoms with E-state index >= 15 is 0 Å². The topological polar surface area (TPSA) is 43.1 Å². The van der Waals surface area contributed by atoms with Crippen molar-refractivity contribution in [3.8, 4) is 0 Å². The number of carbonyl (C=O) groups is 1. The Morgan fingerprint density at radius 1 is 0.808 bits per heavy atom. The van der Waals surface area contributed by atoms with Gasteiger partial charge in [0.15, 0.2) is 0 Å². The number of nitrogens with two attached hydrogens (primary N) is 1. The first kappa shape index (κ1) is 25.2. The van der Waals surface area contributed by atoms with Crippen molar-refractivity contribution < 1.29 is 4.79 Å². The first-order chi connectivity index (χ1) is 12.5. The number of primary amides is 1. The van der Waals surface area contributed by atoms with E-state index in [1.807, 2.05) is 13.0 Å². The number of unbranched alkanes of at least 4 members (excludes halogenated alkanes) is 11. The van der Waals surface area contributed by atoms with E-state index in [0.717, 1.165) is 18.3 Å². The van der Waals surface area contributed by atoms with Crippen molar-refractivity contribution in [2.24, 2.45) is 17.6 Å². The largest absolute Gasteiger partial charge is 0.366 e. The molecule has 0 aromatic heterocycles. The summed E-state index contributed by atoms with van der Waals surface area (Å²) in [6.45, 7) is 8.84. The summed E-state index contributed by atoms with van der Waals surface area (Å²) in [6.07, 6.45) is 22.3. The third kappa shape index (κ3) is 15.5. The van der Waals surface area contributed by atoms with Crippen LogP contribution in [0.1, 0.15) is 124 Å². The van der Waals surface area contributed by atoms with Gasteiger partial charge in [-0.2, -0.15) is 0 Å². The first-order valence-electron chi connectivity index (χ1n) is 11.5. The van der Waals surface area contributed by atoms with Crippen LogP contribution in [0.3, 0.4) is 0 Å². The Hall–Kier alpha value is -0.790. The molecule has 0 spiro atoms. The SMILES string of the molecule is CCCCCCCCCCCCC(CCCC/C=C(\C)C(N)=O)C(C)C. The van der Waals surface area contributed by atoms with Gasteiger partial charge in [-0.15, -0.1) is 0 Å². The maximum atomic E-state index is 11.0. The van der Waals surface area contributed by atoms with Crippen LogP contribution in [-0.2, 0) is 4.79 Å². The van der Waals surface area contributed by atoms with E-state index in [4.69, 9.17) is 5.73 Å². The van der Waals surface area contributed by atoms with Crippen LogP contribution in [0.25, 0.3) is 0 Å². The van der Waals surface area contributed by atoms with Gasteiger partial charge in [-0.3, -0.25) is 4.79 Å². The minimum Gasteiger partial charge on any atom is -0.366 e. The summed E-state index contributed by atoms with van der Waals surface area (Å²) in [5, 5.41) is 0. The fraction of sp³-hybridized carbons (Fsp3) is 0.875. The maximum absolute atomic E-state index is 11.0. The van der Waals surface area contributed by atoms with Crippen LogP contribution in [0.4, 0.5) is 0 Å². The van der Waals surface area contributed by atoms with Crippen LogP contribution in [0.15, 0.2) is 11.6 Å². The van der Waals surface area contributed by atoms with E-state index in [9.17, 15) is 4.79 Å². The molecule has 0 aromatic rings. The van der Waals surface area contributed by atoms with E-state index in [2.05, 4.69) is 20.8 Å². The molecule has 0 radical (unpaired) electrons. The monoisotopic (exact) mass is 365 g/mol. The molecule has 154 valence electrons. The molecule has 0 saturated carbocycles. The zero-order valence-corrected chi connectivity index (χ0v) is 18.3. The Bertz CT molecular complexity index is 359. The summed E-state index contributed by atoms with van der Waals surface area (Å²) < 4.78 is 0. The molecule has 0 aromatic carbocycles. The van der Waals surface area contributed by atoms with Gasteiger partial charge < -0.3 is 5.73 Å². The molecule has 1 atom stereocenters. The fourth-order valence-corrected chi connectivity index (χ4v) is 3.67. The fourth-order valence-electron chi connectivity index (χ4n) is 3.67. The molecule has 2 N–H and O–H groups in total. The molecule has 0 rings (SSSR count). The predicted molar refractivity (Wildman–Crippen MR) is 116 cm³/mol. The maximum Gasteiger partial charge on any atom is 0.244 e. The number of allylic oxidation sites excluding steroid dienone is 1. The molecular weight excluding hydrogens is 318 g/mol. The number of rotatable bonds is 18. The highest BCUT2D eigenvalue weighted by atomic mass is 16.1. The van der Waals surface area contributed by atoms with E-state index in [0.29, 0.717) is 5.57 Å². The van der Waals surface area contributed by atoms with Gasteiger partial charge in [0.05, 0.1) is 0 Å². The molecule has 0 aliphatic carbocycles. The lowest BCUT2D eigenvalue weighted by Crippen LogP contribution is -2.11. The van der Waals surface area contributed by atoms with Gasteiger partial charge in [-0.05, 0) is 31.6 Å². The molecule has 0 fully saturated rings. The molecule has 2 nitrogen and oxygen atoms in total. The van der Waals surface area contributed by atoms with E-state index in [-0.39, 0.29) is 5.91 Å². The lowest BCUT2D eigenvalue weighted by atomic mass is 9.85. The quantitative estimate of drug-likeness (QED) is 0.197. The van der Waals surface area contributed by atoms with Gasteiger partial charge in [0.1, 0.15) is 0 Å². The second-order valence-electron chi connectivity index (χ2n) is 8.51. The van der Waals surface area contributed by atoms with E-state index in [1.165, 1.54) is 89.9 Å². The Labute approximate surface area is 164 Å². The Kier molecular flexibility index (Phi) is 17.1. The van der Waals surface area contributed by atoms with Crippen LogP contribution in [0.2, 0.25) is 0 Å². The number of carbonyl (C=O) groups excluding carboxylic acids is 1. The van der Waals surface area contributed by atoms with Crippen molar-refractivity contribution in [1.29, 1.82) is 0 Å². The molecule has 0 bridgehead atoms. The van der Waals surface area contributed by atoms with Gasteiger partial charge in [-0.25, -0.2) is 0 Å². The van der Waals surface area contributed by atoms with Gasteiger partial charge in [-0.1, -0.05) is 110 Å². The zero-order chi connectivity index (χ0) is 19.6. The Morgan fingerprint density at radius 3 is 1.73 bits per heavy atom. The molecule has 0 heterocycles. The molecule has 2 heteroatoms. The van der Waals surface area contributed by atoms with E-state index < -0.39 is 0 Å². The summed E-state index contributed by atoms with van der Waals surface area (Å²) in [5.74, 6) is 1.37. The Balaban J connectivity index is 3.65. The smallest absolute Gasteiger partial charge is 0.244 e. The van der Waals surface area contributed by atoms with Crippen molar-refractivity contribution in [2.75, 3.05) is 0 Å². The highest BCUT2D eigenvalue weighted by molar-refractivity contribution is 5.91. The zero-order valence-electron chi connectivity index (χ0n) is 18.3. The third-order valence-electron chi connectivity index (χ3n) is 5.74. The average molecular weight is 366 g/mol. The van der Waals surface area contributed by atoms with Crippen molar-refractivity contribution in [2.45, 2.75) is 124 Å². The molecule has 0 aliphatic heterocycles. The second-order valence-corrected chi connectivity index (χ2v) is 8.51. The molecule has 1 unspecified atom stereocenters. The van der Waals surface area contributed by atoms with Gasteiger partial charge in [0, 0.05) is 5.57 Å². The van der Waals surface area contributed by atoms with Crippen LogP contribution in [-0.4, -0.2) is 5.91 Å². The summed E-state index contributed by atoms with van der Waals surface area (Å²) in [7, 11) is 0. The van der Waals surface area contributed by atoms with Gasteiger partial charge in [0.25, 0.3) is 0 Å². The first-order valence-corrected chi connectivity index (χ1v) is 11.5. The van der Waals surface area contributed by atoms with E-state index in [1.54, 1.807) is 0 Å².